The Morgan fingerprint density at radius 1 is 0.882 bits per heavy atom. The van der Waals surface area contributed by atoms with Gasteiger partial charge in [0.1, 0.15) is 11.8 Å². The summed E-state index contributed by atoms with van der Waals surface area (Å²) in [6.45, 7) is -0.0415. The number of halogens is 6. The molecule has 0 aliphatic rings. The van der Waals surface area contributed by atoms with Gasteiger partial charge in [0.25, 0.3) is 0 Å². The largest absolute Gasteiger partial charge is 0.573 e. The maximum absolute atomic E-state index is 13.2. The van der Waals surface area contributed by atoms with Crippen LogP contribution in [0.5, 0.6) is 5.75 Å². The number of carbonyl (C=O) groups is 1. The van der Waals surface area contributed by atoms with E-state index >= 15 is 0 Å². The molecular weight excluding hydrogens is 462 g/mol. The van der Waals surface area contributed by atoms with E-state index in [-0.39, 0.29) is 18.7 Å². The molecule has 0 aliphatic heterocycles. The monoisotopic (exact) mass is 482 g/mol. The van der Waals surface area contributed by atoms with Crippen molar-refractivity contribution in [3.63, 3.8) is 0 Å². The lowest BCUT2D eigenvalue weighted by Crippen LogP contribution is -2.40. The molecule has 1 atom stereocenters. The number of hydrogen-bond acceptors (Lipinski definition) is 3. The van der Waals surface area contributed by atoms with Gasteiger partial charge < -0.3 is 15.4 Å². The van der Waals surface area contributed by atoms with E-state index in [4.69, 9.17) is 5.73 Å². The standard InChI is InChI=1S/C24H20F6N2O2/c25-23(26,27)18-11-9-16(10-12-18)13-14-32(22(33)21(31)17-5-2-1-3-6-17)19-7-4-8-20(15-19)34-24(28,29)30/h1-12,15,21H,13-14,31H2. The van der Waals surface area contributed by atoms with Crippen LogP contribution in [0, 0.1) is 0 Å². The number of alkyl halides is 6. The fourth-order valence-corrected chi connectivity index (χ4v) is 3.29. The van der Waals surface area contributed by atoms with Gasteiger partial charge in [-0.2, -0.15) is 13.2 Å². The highest BCUT2D eigenvalue weighted by Gasteiger charge is 2.32. The minimum absolute atomic E-state index is 0.0415. The minimum Gasteiger partial charge on any atom is -0.406 e. The van der Waals surface area contributed by atoms with Crippen molar-refractivity contribution >= 4 is 11.6 Å². The van der Waals surface area contributed by atoms with Crippen LogP contribution in [0.15, 0.2) is 78.9 Å². The van der Waals surface area contributed by atoms with E-state index in [1.54, 1.807) is 30.3 Å². The molecule has 1 amide bonds. The SMILES string of the molecule is NC(C(=O)N(CCc1ccc(C(F)(F)F)cc1)c1cccc(OC(F)(F)F)c1)c1ccccc1. The molecule has 3 aromatic carbocycles. The van der Waals surface area contributed by atoms with Crippen molar-refractivity contribution in [2.45, 2.75) is 25.0 Å². The molecule has 3 aromatic rings. The number of benzene rings is 3. The summed E-state index contributed by atoms with van der Waals surface area (Å²) in [7, 11) is 0. The molecule has 1 unspecified atom stereocenters. The Balaban J connectivity index is 1.87. The second kappa shape index (κ2) is 10.2. The molecule has 0 radical (unpaired) electrons. The van der Waals surface area contributed by atoms with Crippen LogP contribution in [-0.4, -0.2) is 18.8 Å². The molecule has 0 bridgehead atoms. The topological polar surface area (TPSA) is 55.6 Å². The number of carbonyl (C=O) groups excluding carboxylic acids is 1. The highest BCUT2D eigenvalue weighted by Crippen LogP contribution is 2.30. The zero-order chi connectivity index (χ0) is 24.9. The van der Waals surface area contributed by atoms with Gasteiger partial charge >= 0.3 is 12.5 Å². The maximum atomic E-state index is 13.2. The van der Waals surface area contributed by atoms with E-state index in [0.717, 1.165) is 24.3 Å². The molecule has 34 heavy (non-hydrogen) atoms. The zero-order valence-corrected chi connectivity index (χ0v) is 17.6. The molecule has 4 nitrogen and oxygen atoms in total. The number of rotatable bonds is 7. The molecule has 0 saturated carbocycles. The summed E-state index contributed by atoms with van der Waals surface area (Å²) >= 11 is 0. The Morgan fingerprint density at radius 3 is 2.12 bits per heavy atom. The molecule has 0 fully saturated rings. The number of amides is 1. The second-order valence-corrected chi connectivity index (χ2v) is 7.37. The molecule has 0 aliphatic carbocycles. The third-order valence-corrected chi connectivity index (χ3v) is 4.96. The third-order valence-electron chi connectivity index (χ3n) is 4.96. The molecule has 2 N–H and O–H groups in total. The predicted molar refractivity (Wildman–Crippen MR) is 114 cm³/mol. The molecule has 3 rings (SSSR count). The van der Waals surface area contributed by atoms with E-state index in [9.17, 15) is 31.1 Å². The summed E-state index contributed by atoms with van der Waals surface area (Å²) in [5.41, 5.74) is 6.41. The Bertz CT molecular complexity index is 1100. The fourth-order valence-electron chi connectivity index (χ4n) is 3.29. The Hall–Kier alpha value is -3.53. The van der Waals surface area contributed by atoms with Gasteiger partial charge in [-0.25, -0.2) is 0 Å². The minimum atomic E-state index is -4.92. The van der Waals surface area contributed by atoms with Gasteiger partial charge in [-0.3, -0.25) is 4.79 Å². The van der Waals surface area contributed by atoms with Crippen LogP contribution in [0.3, 0.4) is 0 Å². The van der Waals surface area contributed by atoms with E-state index in [1.165, 1.54) is 29.2 Å². The quantitative estimate of drug-likeness (QED) is 0.428. The summed E-state index contributed by atoms with van der Waals surface area (Å²) < 4.78 is 80.4. The fraction of sp³-hybridized carbons (Fsp3) is 0.208. The number of ether oxygens (including phenoxy) is 1. The van der Waals surface area contributed by atoms with Crippen LogP contribution in [-0.2, 0) is 17.4 Å². The van der Waals surface area contributed by atoms with Gasteiger partial charge in [0, 0.05) is 18.3 Å². The molecule has 0 saturated heterocycles. The zero-order valence-electron chi connectivity index (χ0n) is 17.6. The first-order chi connectivity index (χ1) is 15.9. The van der Waals surface area contributed by atoms with Crippen molar-refractivity contribution in [1.82, 2.24) is 0 Å². The summed E-state index contributed by atoms with van der Waals surface area (Å²) in [6, 6.07) is 16.6. The number of hydrogen-bond donors (Lipinski definition) is 1. The summed E-state index contributed by atoms with van der Waals surface area (Å²) in [5, 5.41) is 0. The maximum Gasteiger partial charge on any atom is 0.573 e. The van der Waals surface area contributed by atoms with Gasteiger partial charge in [-0.1, -0.05) is 48.5 Å². The van der Waals surface area contributed by atoms with Gasteiger partial charge in [-0.05, 0) is 41.8 Å². The number of anilines is 1. The summed E-state index contributed by atoms with van der Waals surface area (Å²) in [4.78, 5) is 14.4. The van der Waals surface area contributed by atoms with Gasteiger partial charge in [0.15, 0.2) is 0 Å². The van der Waals surface area contributed by atoms with E-state index in [2.05, 4.69) is 4.74 Å². The van der Waals surface area contributed by atoms with Crippen molar-refractivity contribution in [3.05, 3.63) is 95.6 Å². The van der Waals surface area contributed by atoms with Crippen molar-refractivity contribution in [3.8, 4) is 5.75 Å². The average molecular weight is 482 g/mol. The molecule has 0 heterocycles. The Labute approximate surface area is 191 Å². The van der Waals surface area contributed by atoms with Crippen LogP contribution in [0.4, 0.5) is 32.0 Å². The van der Waals surface area contributed by atoms with Crippen LogP contribution in [0.25, 0.3) is 0 Å². The van der Waals surface area contributed by atoms with Crippen LogP contribution in [0.1, 0.15) is 22.7 Å². The van der Waals surface area contributed by atoms with Crippen molar-refractivity contribution < 1.29 is 35.9 Å². The summed E-state index contributed by atoms with van der Waals surface area (Å²) in [5.74, 6) is -1.12. The third kappa shape index (κ3) is 6.74. The lowest BCUT2D eigenvalue weighted by molar-refractivity contribution is -0.274. The molecule has 10 heteroatoms. The van der Waals surface area contributed by atoms with E-state index < -0.39 is 35.8 Å². The molecule has 0 aromatic heterocycles. The smallest absolute Gasteiger partial charge is 0.406 e. The van der Waals surface area contributed by atoms with Gasteiger partial charge in [0.2, 0.25) is 5.91 Å². The molecule has 180 valence electrons. The lowest BCUT2D eigenvalue weighted by atomic mass is 10.0. The Morgan fingerprint density at radius 2 is 1.53 bits per heavy atom. The highest BCUT2D eigenvalue weighted by atomic mass is 19.4. The number of nitrogens with zero attached hydrogens (tertiary/aromatic N) is 1. The van der Waals surface area contributed by atoms with Crippen LogP contribution >= 0.6 is 0 Å². The lowest BCUT2D eigenvalue weighted by Gasteiger charge is -2.27. The first-order valence-electron chi connectivity index (χ1n) is 10.1. The highest BCUT2D eigenvalue weighted by molar-refractivity contribution is 5.97. The first kappa shape index (κ1) is 25.1. The van der Waals surface area contributed by atoms with E-state index in [1.807, 2.05) is 0 Å². The molecular formula is C24H20F6N2O2. The first-order valence-corrected chi connectivity index (χ1v) is 10.1. The van der Waals surface area contributed by atoms with Crippen molar-refractivity contribution in [2.24, 2.45) is 5.73 Å². The normalized spacial score (nSPS) is 12.8. The van der Waals surface area contributed by atoms with Crippen LogP contribution in [0.2, 0.25) is 0 Å². The number of nitrogens with two attached hydrogens (primary N) is 1. The van der Waals surface area contributed by atoms with E-state index in [0.29, 0.717) is 11.1 Å². The average Bonchev–Trinajstić information content (AvgIpc) is 2.78. The second-order valence-electron chi connectivity index (χ2n) is 7.37. The van der Waals surface area contributed by atoms with Crippen molar-refractivity contribution in [2.75, 3.05) is 11.4 Å². The van der Waals surface area contributed by atoms with Crippen LogP contribution < -0.4 is 15.4 Å². The summed E-state index contributed by atoms with van der Waals surface area (Å²) in [6.07, 6.45) is -9.27. The Kier molecular flexibility index (Phi) is 7.51. The predicted octanol–water partition coefficient (Wildman–Crippen LogP) is 5.88. The van der Waals surface area contributed by atoms with Gasteiger partial charge in [0.05, 0.1) is 5.56 Å². The molecule has 0 spiro atoms. The van der Waals surface area contributed by atoms with Crippen molar-refractivity contribution in [1.29, 1.82) is 0 Å². The van der Waals surface area contributed by atoms with Gasteiger partial charge in [-0.15, -0.1) is 13.2 Å².